The van der Waals surface area contributed by atoms with Gasteiger partial charge in [0.25, 0.3) is 0 Å². The standard InChI is InChI=1S/C25H22FN5O2S/c1-2-33-18-14-12-16(13-15-18)21-22(24(32)27-20-11-7-6-10-19(20)26)34-25-29-28-23(31(25)30-21)17-8-4-3-5-9-17/h3-15,21-22,30H,2H2,1H3,(H,27,32)/t21-,22+/m0/s1. The first-order valence-electron chi connectivity index (χ1n) is 10.9. The number of halogens is 1. The van der Waals surface area contributed by atoms with Crippen LogP contribution < -0.4 is 15.5 Å². The Bertz CT molecular complexity index is 1300. The quantitative estimate of drug-likeness (QED) is 0.414. The van der Waals surface area contributed by atoms with Crippen LogP contribution in [0.1, 0.15) is 18.5 Å². The zero-order valence-corrected chi connectivity index (χ0v) is 19.1. The van der Waals surface area contributed by atoms with E-state index in [9.17, 15) is 9.18 Å². The highest BCUT2D eigenvalue weighted by atomic mass is 32.2. The molecule has 1 aromatic heterocycles. The van der Waals surface area contributed by atoms with Crippen LogP contribution in [-0.2, 0) is 4.79 Å². The Morgan fingerprint density at radius 3 is 2.53 bits per heavy atom. The number of carbonyl (C=O) groups is 1. The summed E-state index contributed by atoms with van der Waals surface area (Å²) in [6, 6.07) is 23.0. The summed E-state index contributed by atoms with van der Waals surface area (Å²) in [6.45, 7) is 2.49. The number of anilines is 1. The highest BCUT2D eigenvalue weighted by Crippen LogP contribution is 2.39. The molecule has 0 bridgehead atoms. The Hall–Kier alpha value is -3.85. The first-order chi connectivity index (χ1) is 16.6. The summed E-state index contributed by atoms with van der Waals surface area (Å²) in [4.78, 5) is 13.3. The average molecular weight is 476 g/mol. The number of nitrogens with one attached hydrogen (secondary N) is 2. The number of thioether (sulfide) groups is 1. The predicted molar refractivity (Wildman–Crippen MR) is 130 cm³/mol. The van der Waals surface area contributed by atoms with Crippen LogP contribution in [0.3, 0.4) is 0 Å². The van der Waals surface area contributed by atoms with Gasteiger partial charge in [-0.05, 0) is 36.8 Å². The highest BCUT2D eigenvalue weighted by Gasteiger charge is 2.38. The van der Waals surface area contributed by atoms with Gasteiger partial charge in [-0.1, -0.05) is 66.4 Å². The summed E-state index contributed by atoms with van der Waals surface area (Å²) in [5.74, 6) is 0.567. The molecule has 7 nitrogen and oxygen atoms in total. The van der Waals surface area contributed by atoms with Crippen molar-refractivity contribution in [2.75, 3.05) is 17.3 Å². The second-order valence-electron chi connectivity index (χ2n) is 7.62. The fourth-order valence-corrected chi connectivity index (χ4v) is 4.86. The van der Waals surface area contributed by atoms with Crippen molar-refractivity contribution in [2.45, 2.75) is 23.4 Å². The lowest BCUT2D eigenvalue weighted by atomic mass is 10.0. The third-order valence-corrected chi connectivity index (χ3v) is 6.62. The first-order valence-corrected chi connectivity index (χ1v) is 11.7. The fourth-order valence-electron chi connectivity index (χ4n) is 3.78. The van der Waals surface area contributed by atoms with Crippen LogP contribution in [0.4, 0.5) is 10.1 Å². The van der Waals surface area contributed by atoms with Crippen molar-refractivity contribution in [2.24, 2.45) is 0 Å². The third kappa shape index (κ3) is 4.34. The molecule has 1 aliphatic heterocycles. The number of carbonyl (C=O) groups excluding carboxylic acids is 1. The smallest absolute Gasteiger partial charge is 0.240 e. The molecule has 172 valence electrons. The van der Waals surface area contributed by atoms with Gasteiger partial charge in [0.15, 0.2) is 5.82 Å². The first kappa shape index (κ1) is 22.0. The lowest BCUT2D eigenvalue weighted by Gasteiger charge is -2.33. The largest absolute Gasteiger partial charge is 0.494 e. The molecule has 34 heavy (non-hydrogen) atoms. The van der Waals surface area contributed by atoms with Gasteiger partial charge < -0.3 is 15.5 Å². The molecule has 0 aliphatic carbocycles. The molecule has 4 aromatic rings. The number of para-hydroxylation sites is 1. The van der Waals surface area contributed by atoms with Crippen LogP contribution in [0.5, 0.6) is 5.75 Å². The Morgan fingerprint density at radius 1 is 1.06 bits per heavy atom. The molecule has 2 N–H and O–H groups in total. The fraction of sp³-hybridized carbons (Fsp3) is 0.160. The van der Waals surface area contributed by atoms with E-state index in [1.807, 2.05) is 61.5 Å². The van der Waals surface area contributed by atoms with Crippen LogP contribution >= 0.6 is 11.8 Å². The number of hydrogen-bond acceptors (Lipinski definition) is 6. The number of ether oxygens (including phenoxy) is 1. The Labute approximate surface area is 200 Å². The van der Waals surface area contributed by atoms with E-state index in [1.54, 1.807) is 16.8 Å². The second kappa shape index (κ2) is 9.56. The highest BCUT2D eigenvalue weighted by molar-refractivity contribution is 8.00. The molecule has 5 rings (SSSR count). The topological polar surface area (TPSA) is 81.1 Å². The second-order valence-corrected chi connectivity index (χ2v) is 8.73. The van der Waals surface area contributed by atoms with E-state index in [0.29, 0.717) is 17.6 Å². The third-order valence-electron chi connectivity index (χ3n) is 5.41. The van der Waals surface area contributed by atoms with Gasteiger partial charge >= 0.3 is 0 Å². The summed E-state index contributed by atoms with van der Waals surface area (Å²) in [6.07, 6.45) is 0. The van der Waals surface area contributed by atoms with E-state index >= 15 is 0 Å². The average Bonchev–Trinajstić information content (AvgIpc) is 3.29. The lowest BCUT2D eigenvalue weighted by molar-refractivity contribution is -0.116. The summed E-state index contributed by atoms with van der Waals surface area (Å²) in [7, 11) is 0. The van der Waals surface area contributed by atoms with Gasteiger partial charge in [-0.15, -0.1) is 10.2 Å². The Kier molecular flexibility index (Phi) is 6.18. The van der Waals surface area contributed by atoms with Gasteiger partial charge in [0.2, 0.25) is 11.1 Å². The van der Waals surface area contributed by atoms with Crippen molar-refractivity contribution in [3.8, 4) is 17.1 Å². The van der Waals surface area contributed by atoms with Crippen molar-refractivity contribution in [1.29, 1.82) is 0 Å². The molecule has 0 radical (unpaired) electrons. The molecule has 0 spiro atoms. The Balaban J connectivity index is 1.51. The number of rotatable bonds is 6. The van der Waals surface area contributed by atoms with E-state index in [4.69, 9.17) is 4.74 Å². The van der Waals surface area contributed by atoms with Crippen molar-refractivity contribution in [3.63, 3.8) is 0 Å². The van der Waals surface area contributed by atoms with Gasteiger partial charge in [-0.25, -0.2) is 9.07 Å². The predicted octanol–water partition coefficient (Wildman–Crippen LogP) is 4.88. The number of hydrogen-bond donors (Lipinski definition) is 2. The molecule has 0 saturated heterocycles. The molecule has 2 heterocycles. The van der Waals surface area contributed by atoms with Crippen LogP contribution in [-0.4, -0.2) is 32.6 Å². The van der Waals surface area contributed by atoms with E-state index in [1.165, 1.54) is 23.9 Å². The number of amides is 1. The molecular formula is C25H22FN5O2S. The van der Waals surface area contributed by atoms with Crippen molar-refractivity contribution < 1.29 is 13.9 Å². The lowest BCUT2D eigenvalue weighted by Crippen LogP contribution is -2.41. The molecule has 0 unspecified atom stereocenters. The van der Waals surface area contributed by atoms with Gasteiger partial charge in [0.05, 0.1) is 18.3 Å². The minimum Gasteiger partial charge on any atom is -0.494 e. The van der Waals surface area contributed by atoms with Gasteiger partial charge in [-0.2, -0.15) is 0 Å². The van der Waals surface area contributed by atoms with Crippen molar-refractivity contribution in [3.05, 3.63) is 90.2 Å². The summed E-state index contributed by atoms with van der Waals surface area (Å²) in [5.41, 5.74) is 5.33. The minimum atomic E-state index is -0.627. The monoisotopic (exact) mass is 475 g/mol. The van der Waals surface area contributed by atoms with E-state index in [2.05, 4.69) is 20.9 Å². The molecule has 3 aromatic carbocycles. The summed E-state index contributed by atoms with van der Waals surface area (Å²) >= 11 is 1.28. The van der Waals surface area contributed by atoms with Crippen molar-refractivity contribution >= 4 is 23.4 Å². The normalized spacial score (nSPS) is 16.9. The Morgan fingerprint density at radius 2 is 1.79 bits per heavy atom. The maximum atomic E-state index is 14.2. The molecule has 0 fully saturated rings. The number of nitrogens with zero attached hydrogens (tertiary/aromatic N) is 3. The van der Waals surface area contributed by atoms with Crippen LogP contribution in [0.15, 0.2) is 84.0 Å². The van der Waals surface area contributed by atoms with Gasteiger partial charge in [0, 0.05) is 5.56 Å². The van der Waals surface area contributed by atoms with Gasteiger partial charge in [0.1, 0.15) is 16.8 Å². The molecule has 2 atom stereocenters. The van der Waals surface area contributed by atoms with E-state index in [0.717, 1.165) is 16.9 Å². The molecular weight excluding hydrogens is 453 g/mol. The zero-order valence-electron chi connectivity index (χ0n) is 18.3. The molecule has 1 aliphatic rings. The van der Waals surface area contributed by atoms with E-state index in [-0.39, 0.29) is 11.6 Å². The number of aromatic nitrogens is 3. The SMILES string of the molecule is CCOc1ccc([C@@H]2Nn3c(nnc3-c3ccccc3)S[C@H]2C(=O)Nc2ccccc2F)cc1. The van der Waals surface area contributed by atoms with Gasteiger partial charge in [-0.3, -0.25) is 4.79 Å². The van der Waals surface area contributed by atoms with Crippen molar-refractivity contribution in [1.82, 2.24) is 14.9 Å². The summed E-state index contributed by atoms with van der Waals surface area (Å²) < 4.78 is 21.6. The van der Waals surface area contributed by atoms with E-state index < -0.39 is 17.1 Å². The summed E-state index contributed by atoms with van der Waals surface area (Å²) in [5, 5.41) is 11.3. The number of fused-ring (bicyclic) bond motifs is 1. The van der Waals surface area contributed by atoms with Crippen LogP contribution in [0.2, 0.25) is 0 Å². The maximum Gasteiger partial charge on any atom is 0.240 e. The maximum absolute atomic E-state index is 14.2. The number of benzene rings is 3. The van der Waals surface area contributed by atoms with Crippen LogP contribution in [0.25, 0.3) is 11.4 Å². The zero-order chi connectivity index (χ0) is 23.5. The molecule has 9 heteroatoms. The molecule has 1 amide bonds. The molecule has 0 saturated carbocycles. The van der Waals surface area contributed by atoms with Crippen LogP contribution in [0, 0.1) is 5.82 Å². The minimum absolute atomic E-state index is 0.135.